The highest BCUT2D eigenvalue weighted by Crippen LogP contribution is 2.17. The molecule has 3 N–H and O–H groups in total. The summed E-state index contributed by atoms with van der Waals surface area (Å²) >= 11 is 0. The molecule has 0 saturated heterocycles. The third-order valence-electron chi connectivity index (χ3n) is 2.67. The van der Waals surface area contributed by atoms with Gasteiger partial charge in [-0.25, -0.2) is 20.8 Å². The number of hydrogen-bond donors (Lipinski definition) is 2. The zero-order valence-corrected chi connectivity index (χ0v) is 10.9. The molecule has 0 saturated carbocycles. The molecule has 0 unspecified atom stereocenters. The van der Waals surface area contributed by atoms with Gasteiger partial charge in [-0.05, 0) is 0 Å². The van der Waals surface area contributed by atoms with Crippen LogP contribution in [-0.4, -0.2) is 19.5 Å². The first-order valence-corrected chi connectivity index (χ1v) is 6.04. The summed E-state index contributed by atoms with van der Waals surface area (Å²) in [6, 6.07) is 1.81. The van der Waals surface area contributed by atoms with E-state index in [2.05, 4.69) is 27.3 Å². The van der Waals surface area contributed by atoms with Crippen LogP contribution in [0, 0.1) is 0 Å². The summed E-state index contributed by atoms with van der Waals surface area (Å²) in [5.41, 5.74) is 2.58. The second kappa shape index (κ2) is 5.14. The first kappa shape index (κ1) is 12.5. The van der Waals surface area contributed by atoms with Gasteiger partial charge in [0.2, 0.25) is 0 Å². The van der Waals surface area contributed by atoms with E-state index in [0.717, 1.165) is 23.9 Å². The van der Waals surface area contributed by atoms with E-state index >= 15 is 0 Å². The lowest BCUT2D eigenvalue weighted by Gasteiger charge is -2.11. The fourth-order valence-corrected chi connectivity index (χ4v) is 1.71. The van der Waals surface area contributed by atoms with Crippen molar-refractivity contribution < 1.29 is 0 Å². The Morgan fingerprint density at radius 2 is 2.17 bits per heavy atom. The van der Waals surface area contributed by atoms with Crippen molar-refractivity contribution in [3.05, 3.63) is 30.1 Å². The van der Waals surface area contributed by atoms with E-state index in [9.17, 15) is 0 Å². The number of nitrogens with one attached hydrogen (secondary N) is 1. The van der Waals surface area contributed by atoms with Gasteiger partial charge in [-0.2, -0.15) is 0 Å². The van der Waals surface area contributed by atoms with Crippen LogP contribution in [0.3, 0.4) is 0 Å². The fraction of sp³-hybridized carbons (Fsp3) is 0.417. The van der Waals surface area contributed by atoms with Crippen LogP contribution in [0.4, 0.5) is 5.82 Å². The van der Waals surface area contributed by atoms with Crippen molar-refractivity contribution in [1.82, 2.24) is 19.5 Å². The van der Waals surface area contributed by atoms with Gasteiger partial charge in [0.25, 0.3) is 0 Å². The Kier molecular flexibility index (Phi) is 3.57. The van der Waals surface area contributed by atoms with E-state index in [1.165, 1.54) is 0 Å². The van der Waals surface area contributed by atoms with E-state index < -0.39 is 0 Å². The maximum atomic E-state index is 5.45. The Balaban J connectivity index is 2.53. The summed E-state index contributed by atoms with van der Waals surface area (Å²) in [5.74, 6) is 8.81. The maximum Gasteiger partial charge on any atom is 0.145 e. The number of nitrogens with two attached hydrogens (primary N) is 1. The summed E-state index contributed by atoms with van der Waals surface area (Å²) in [5, 5.41) is 0. The van der Waals surface area contributed by atoms with Crippen molar-refractivity contribution in [2.75, 3.05) is 5.43 Å². The van der Waals surface area contributed by atoms with Crippen LogP contribution >= 0.6 is 0 Å². The van der Waals surface area contributed by atoms with Crippen molar-refractivity contribution in [2.45, 2.75) is 33.1 Å². The third kappa shape index (κ3) is 2.33. The van der Waals surface area contributed by atoms with Gasteiger partial charge in [-0.1, -0.05) is 20.8 Å². The standard InChI is InChI=1S/C12H18N6/c1-4-10-14-5-6-18(10)11-7-9(17-13)15-12(16-11)8(2)3/h5-8H,4,13H2,1-3H3,(H,15,16,17). The molecular formula is C12H18N6. The zero-order chi connectivity index (χ0) is 13.1. The zero-order valence-electron chi connectivity index (χ0n) is 10.9. The highest BCUT2D eigenvalue weighted by atomic mass is 15.3. The fourth-order valence-electron chi connectivity index (χ4n) is 1.71. The molecule has 2 rings (SSSR count). The van der Waals surface area contributed by atoms with Gasteiger partial charge in [0, 0.05) is 30.8 Å². The summed E-state index contributed by atoms with van der Waals surface area (Å²) in [6.45, 7) is 6.16. The van der Waals surface area contributed by atoms with E-state index in [1.54, 1.807) is 6.20 Å². The number of nitrogens with zero attached hydrogens (tertiary/aromatic N) is 4. The van der Waals surface area contributed by atoms with Crippen molar-refractivity contribution in [3.63, 3.8) is 0 Å². The summed E-state index contributed by atoms with van der Waals surface area (Å²) < 4.78 is 1.95. The van der Waals surface area contributed by atoms with Gasteiger partial charge >= 0.3 is 0 Å². The van der Waals surface area contributed by atoms with Gasteiger partial charge in [0.1, 0.15) is 23.3 Å². The highest BCUT2D eigenvalue weighted by Gasteiger charge is 2.10. The highest BCUT2D eigenvalue weighted by molar-refractivity contribution is 5.41. The molecule has 0 aliphatic carbocycles. The van der Waals surface area contributed by atoms with Crippen molar-refractivity contribution in [2.24, 2.45) is 5.84 Å². The molecule has 96 valence electrons. The summed E-state index contributed by atoms with van der Waals surface area (Å²) in [7, 11) is 0. The largest absolute Gasteiger partial charge is 0.308 e. The normalized spacial score (nSPS) is 10.9. The molecule has 0 aromatic carbocycles. The van der Waals surface area contributed by atoms with Gasteiger partial charge in [0.15, 0.2) is 0 Å². The Hall–Kier alpha value is -1.95. The number of rotatable bonds is 4. The van der Waals surface area contributed by atoms with Gasteiger partial charge in [-0.3, -0.25) is 4.57 Å². The van der Waals surface area contributed by atoms with Gasteiger partial charge in [-0.15, -0.1) is 0 Å². The number of hydrazine groups is 1. The molecule has 0 aliphatic heterocycles. The Bertz CT molecular complexity index is 531. The monoisotopic (exact) mass is 246 g/mol. The third-order valence-corrected chi connectivity index (χ3v) is 2.67. The second-order valence-corrected chi connectivity index (χ2v) is 4.34. The number of aromatic nitrogens is 4. The van der Waals surface area contributed by atoms with Crippen LogP contribution < -0.4 is 11.3 Å². The van der Waals surface area contributed by atoms with Crippen molar-refractivity contribution in [3.8, 4) is 5.82 Å². The van der Waals surface area contributed by atoms with Crippen LogP contribution in [0.1, 0.15) is 38.3 Å². The molecule has 0 radical (unpaired) electrons. The van der Waals surface area contributed by atoms with Gasteiger partial charge < -0.3 is 5.43 Å². The predicted molar refractivity (Wildman–Crippen MR) is 70.4 cm³/mol. The minimum atomic E-state index is 0.241. The number of imidazole rings is 1. The second-order valence-electron chi connectivity index (χ2n) is 4.34. The average Bonchev–Trinajstić information content (AvgIpc) is 2.86. The van der Waals surface area contributed by atoms with E-state index in [4.69, 9.17) is 5.84 Å². The Morgan fingerprint density at radius 1 is 1.39 bits per heavy atom. The van der Waals surface area contributed by atoms with E-state index in [1.807, 2.05) is 30.7 Å². The first-order valence-electron chi connectivity index (χ1n) is 6.04. The predicted octanol–water partition coefficient (Wildman–Crippen LogP) is 1.63. The van der Waals surface area contributed by atoms with Crippen LogP contribution in [0.2, 0.25) is 0 Å². The number of aryl methyl sites for hydroxylation is 1. The quantitative estimate of drug-likeness (QED) is 0.633. The lowest BCUT2D eigenvalue weighted by atomic mass is 10.2. The van der Waals surface area contributed by atoms with Crippen LogP contribution in [0.5, 0.6) is 0 Å². The van der Waals surface area contributed by atoms with E-state index in [0.29, 0.717) is 5.82 Å². The van der Waals surface area contributed by atoms with Crippen molar-refractivity contribution >= 4 is 5.82 Å². The molecule has 0 atom stereocenters. The van der Waals surface area contributed by atoms with Crippen LogP contribution in [-0.2, 0) is 6.42 Å². The molecule has 2 aromatic rings. The molecule has 18 heavy (non-hydrogen) atoms. The minimum Gasteiger partial charge on any atom is -0.308 e. The number of nitrogen functional groups attached to an aromatic ring is 1. The molecule has 6 heteroatoms. The summed E-state index contributed by atoms with van der Waals surface area (Å²) in [4.78, 5) is 13.2. The lowest BCUT2D eigenvalue weighted by Crippen LogP contribution is -2.13. The maximum absolute atomic E-state index is 5.45. The molecule has 2 aromatic heterocycles. The first-order chi connectivity index (χ1) is 8.65. The SMILES string of the molecule is CCc1nccn1-c1cc(NN)nc(C(C)C)n1. The number of anilines is 1. The summed E-state index contributed by atoms with van der Waals surface area (Å²) in [6.07, 6.45) is 4.51. The average molecular weight is 246 g/mol. The van der Waals surface area contributed by atoms with Crippen molar-refractivity contribution in [1.29, 1.82) is 0 Å². The van der Waals surface area contributed by atoms with E-state index in [-0.39, 0.29) is 5.92 Å². The van der Waals surface area contributed by atoms with Gasteiger partial charge in [0.05, 0.1) is 0 Å². The molecule has 0 fully saturated rings. The molecule has 0 aliphatic rings. The minimum absolute atomic E-state index is 0.241. The van der Waals surface area contributed by atoms with Crippen LogP contribution in [0.25, 0.3) is 5.82 Å². The molecule has 0 amide bonds. The smallest absolute Gasteiger partial charge is 0.145 e. The molecule has 2 heterocycles. The molecular weight excluding hydrogens is 228 g/mol. The Labute approximate surface area is 106 Å². The molecule has 6 nitrogen and oxygen atoms in total. The Morgan fingerprint density at radius 3 is 2.78 bits per heavy atom. The van der Waals surface area contributed by atoms with Crippen LogP contribution in [0.15, 0.2) is 18.5 Å². The number of hydrogen-bond acceptors (Lipinski definition) is 5. The lowest BCUT2D eigenvalue weighted by molar-refractivity contribution is 0.755. The molecule has 0 spiro atoms. The topological polar surface area (TPSA) is 81.7 Å². The molecule has 0 bridgehead atoms.